The second-order valence-electron chi connectivity index (χ2n) is 7.87. The zero-order valence-corrected chi connectivity index (χ0v) is 20.6. The molecule has 1 atom stereocenters. The van der Waals surface area contributed by atoms with E-state index in [1.807, 2.05) is 61.7 Å². The van der Waals surface area contributed by atoms with E-state index in [-0.39, 0.29) is 17.8 Å². The first-order valence-electron chi connectivity index (χ1n) is 10.7. The monoisotopic (exact) mass is 472 g/mol. The topological polar surface area (TPSA) is 69.0 Å². The molecule has 1 aromatic heterocycles. The fourth-order valence-corrected chi connectivity index (χ4v) is 4.31. The van der Waals surface area contributed by atoms with Crippen molar-refractivity contribution >= 4 is 35.0 Å². The summed E-state index contributed by atoms with van der Waals surface area (Å²) in [6, 6.07) is 13.5. The summed E-state index contributed by atoms with van der Waals surface area (Å²) < 4.78 is 8.08. The van der Waals surface area contributed by atoms with Crippen molar-refractivity contribution in [3.63, 3.8) is 0 Å². The molecule has 0 aliphatic rings. The summed E-state index contributed by atoms with van der Waals surface area (Å²) in [6.45, 7) is 10.9. The number of halogens is 1. The molecular weight excluding hydrogens is 444 g/mol. The van der Waals surface area contributed by atoms with Crippen molar-refractivity contribution in [2.24, 2.45) is 0 Å². The number of hydrogen-bond acceptors (Lipinski definition) is 5. The van der Waals surface area contributed by atoms with Crippen molar-refractivity contribution in [1.29, 1.82) is 0 Å². The quantitative estimate of drug-likeness (QED) is 0.372. The van der Waals surface area contributed by atoms with Gasteiger partial charge in [0.2, 0.25) is 5.91 Å². The highest BCUT2D eigenvalue weighted by atomic mass is 35.5. The summed E-state index contributed by atoms with van der Waals surface area (Å²) in [4.78, 5) is 12.4. The summed E-state index contributed by atoms with van der Waals surface area (Å²) in [6.07, 6.45) is -0.301. The van der Waals surface area contributed by atoms with Gasteiger partial charge in [0.15, 0.2) is 17.1 Å². The van der Waals surface area contributed by atoms with Crippen LogP contribution in [0.3, 0.4) is 0 Å². The third kappa shape index (κ3) is 6.04. The van der Waals surface area contributed by atoms with Gasteiger partial charge in [-0.2, -0.15) is 0 Å². The first-order chi connectivity index (χ1) is 15.3. The van der Waals surface area contributed by atoms with Crippen LogP contribution in [-0.4, -0.2) is 26.4 Å². The van der Waals surface area contributed by atoms with Gasteiger partial charge in [0, 0.05) is 17.3 Å². The number of benzene rings is 2. The highest BCUT2D eigenvalue weighted by Crippen LogP contribution is 2.28. The van der Waals surface area contributed by atoms with Gasteiger partial charge >= 0.3 is 0 Å². The summed E-state index contributed by atoms with van der Waals surface area (Å²) in [5.74, 6) is 2.09. The predicted molar refractivity (Wildman–Crippen MR) is 131 cm³/mol. The molecule has 3 rings (SSSR count). The van der Waals surface area contributed by atoms with Gasteiger partial charge in [0.25, 0.3) is 0 Å². The molecular formula is C24H29ClN4O2S. The van der Waals surface area contributed by atoms with Crippen LogP contribution in [0.5, 0.6) is 5.75 Å². The summed E-state index contributed by atoms with van der Waals surface area (Å²) in [5.41, 5.74) is 2.99. The second kappa shape index (κ2) is 10.9. The maximum Gasteiger partial charge on any atom is 0.234 e. The lowest BCUT2D eigenvalue weighted by molar-refractivity contribution is -0.113. The Hall–Kier alpha value is -2.51. The normalized spacial score (nSPS) is 12.1. The van der Waals surface area contributed by atoms with Crippen molar-refractivity contribution in [1.82, 2.24) is 14.8 Å². The van der Waals surface area contributed by atoms with Crippen LogP contribution in [0.2, 0.25) is 5.02 Å². The molecule has 1 N–H and O–H groups in total. The van der Waals surface area contributed by atoms with E-state index in [0.717, 1.165) is 17.0 Å². The van der Waals surface area contributed by atoms with Crippen molar-refractivity contribution in [3.8, 4) is 5.75 Å². The average Bonchev–Trinajstić information content (AvgIpc) is 3.17. The van der Waals surface area contributed by atoms with Crippen LogP contribution < -0.4 is 10.1 Å². The Kier molecular flexibility index (Phi) is 8.21. The molecule has 2 aromatic carbocycles. The molecule has 1 amide bonds. The van der Waals surface area contributed by atoms with Crippen LogP contribution >= 0.6 is 23.4 Å². The third-order valence-electron chi connectivity index (χ3n) is 5.06. The molecule has 0 bridgehead atoms. The van der Waals surface area contributed by atoms with Gasteiger partial charge in [-0.05, 0) is 68.1 Å². The minimum atomic E-state index is -0.301. The molecule has 32 heavy (non-hydrogen) atoms. The van der Waals surface area contributed by atoms with E-state index in [0.29, 0.717) is 28.5 Å². The van der Waals surface area contributed by atoms with Gasteiger partial charge in [-0.15, -0.1) is 10.2 Å². The standard InChI is InChI=1S/C24H29ClN4O2S/c1-6-29-23(17(5)31-21-12-9-19(25)13-16(21)4)27-28-24(29)32-14-22(30)26-20-10-7-18(8-11-20)15(2)3/h7-13,15,17H,6,14H2,1-5H3,(H,26,30). The van der Waals surface area contributed by atoms with E-state index < -0.39 is 0 Å². The summed E-state index contributed by atoms with van der Waals surface area (Å²) in [5, 5.41) is 12.9. The molecule has 6 nitrogen and oxygen atoms in total. The molecule has 8 heteroatoms. The van der Waals surface area contributed by atoms with Gasteiger partial charge in [0.05, 0.1) is 5.75 Å². The minimum absolute atomic E-state index is 0.0828. The van der Waals surface area contributed by atoms with Gasteiger partial charge in [-0.1, -0.05) is 49.3 Å². The molecule has 170 valence electrons. The zero-order chi connectivity index (χ0) is 23.3. The molecule has 0 aliphatic carbocycles. The molecule has 0 radical (unpaired) electrons. The molecule has 0 spiro atoms. The maximum absolute atomic E-state index is 12.4. The van der Waals surface area contributed by atoms with E-state index in [9.17, 15) is 4.79 Å². The van der Waals surface area contributed by atoms with E-state index >= 15 is 0 Å². The van der Waals surface area contributed by atoms with E-state index in [1.54, 1.807) is 6.07 Å². The van der Waals surface area contributed by atoms with Crippen LogP contribution in [-0.2, 0) is 11.3 Å². The van der Waals surface area contributed by atoms with Crippen LogP contribution in [0.4, 0.5) is 5.69 Å². The number of nitrogens with zero attached hydrogens (tertiary/aromatic N) is 3. The largest absolute Gasteiger partial charge is 0.482 e. The van der Waals surface area contributed by atoms with Crippen LogP contribution in [0, 0.1) is 6.92 Å². The molecule has 3 aromatic rings. The molecule has 0 aliphatic heterocycles. The lowest BCUT2D eigenvalue weighted by Crippen LogP contribution is -2.15. The van der Waals surface area contributed by atoms with E-state index in [4.69, 9.17) is 16.3 Å². The fraction of sp³-hybridized carbons (Fsp3) is 0.375. The fourth-order valence-electron chi connectivity index (χ4n) is 3.27. The Morgan fingerprint density at radius 2 is 1.88 bits per heavy atom. The number of ether oxygens (including phenoxy) is 1. The number of hydrogen-bond donors (Lipinski definition) is 1. The molecule has 0 saturated carbocycles. The smallest absolute Gasteiger partial charge is 0.234 e. The Balaban J connectivity index is 1.62. The van der Waals surface area contributed by atoms with Crippen molar-refractivity contribution in [3.05, 3.63) is 64.4 Å². The number of carbonyl (C=O) groups excluding carboxylic acids is 1. The number of carbonyl (C=O) groups is 1. The Bertz CT molecular complexity index is 1070. The molecule has 1 heterocycles. The Morgan fingerprint density at radius 3 is 2.50 bits per heavy atom. The number of rotatable bonds is 9. The molecule has 0 fully saturated rings. The lowest BCUT2D eigenvalue weighted by Gasteiger charge is -2.17. The van der Waals surface area contributed by atoms with Crippen molar-refractivity contribution < 1.29 is 9.53 Å². The third-order valence-corrected chi connectivity index (χ3v) is 6.26. The average molecular weight is 473 g/mol. The Morgan fingerprint density at radius 1 is 1.16 bits per heavy atom. The number of aryl methyl sites for hydroxylation is 1. The van der Waals surface area contributed by atoms with Gasteiger partial charge in [-0.3, -0.25) is 4.79 Å². The minimum Gasteiger partial charge on any atom is -0.482 e. The highest BCUT2D eigenvalue weighted by molar-refractivity contribution is 7.99. The Labute approximate surface area is 198 Å². The van der Waals surface area contributed by atoms with Crippen molar-refractivity contribution in [2.75, 3.05) is 11.1 Å². The SMILES string of the molecule is CCn1c(SCC(=O)Nc2ccc(C(C)C)cc2)nnc1C(C)Oc1ccc(Cl)cc1C. The number of aromatic nitrogens is 3. The summed E-state index contributed by atoms with van der Waals surface area (Å²) in [7, 11) is 0. The van der Waals surface area contributed by atoms with Crippen LogP contribution in [0.25, 0.3) is 0 Å². The first kappa shape index (κ1) is 24.1. The van der Waals surface area contributed by atoms with Gasteiger partial charge < -0.3 is 14.6 Å². The highest BCUT2D eigenvalue weighted by Gasteiger charge is 2.20. The van der Waals surface area contributed by atoms with Gasteiger partial charge in [0.1, 0.15) is 5.75 Å². The number of anilines is 1. The maximum atomic E-state index is 12.4. The summed E-state index contributed by atoms with van der Waals surface area (Å²) >= 11 is 7.40. The number of nitrogens with one attached hydrogen (secondary N) is 1. The second-order valence-corrected chi connectivity index (χ2v) is 9.25. The predicted octanol–water partition coefficient (Wildman–Crippen LogP) is 6.25. The first-order valence-corrected chi connectivity index (χ1v) is 12.0. The number of thioether (sulfide) groups is 1. The van der Waals surface area contributed by atoms with Crippen molar-refractivity contribution in [2.45, 2.75) is 58.3 Å². The van der Waals surface area contributed by atoms with Crippen LogP contribution in [0.1, 0.15) is 56.7 Å². The van der Waals surface area contributed by atoms with Crippen LogP contribution in [0.15, 0.2) is 47.6 Å². The van der Waals surface area contributed by atoms with E-state index in [2.05, 4.69) is 29.4 Å². The zero-order valence-electron chi connectivity index (χ0n) is 19.1. The van der Waals surface area contributed by atoms with E-state index in [1.165, 1.54) is 17.3 Å². The number of amides is 1. The molecule has 0 saturated heterocycles. The molecule has 1 unspecified atom stereocenters. The van der Waals surface area contributed by atoms with Gasteiger partial charge in [-0.25, -0.2) is 0 Å². The lowest BCUT2D eigenvalue weighted by atomic mass is 10.0.